The Kier molecular flexibility index (Phi) is 4.37. The van der Waals surface area contributed by atoms with Crippen molar-refractivity contribution in [3.8, 4) is 17.2 Å². The predicted molar refractivity (Wildman–Crippen MR) is 59.0 cm³/mol. The lowest BCUT2D eigenvalue weighted by atomic mass is 10.1. The average molecular weight is 229 g/mol. The molecule has 1 atom stereocenters. The molecule has 4 nitrogen and oxygen atoms in total. The van der Waals surface area contributed by atoms with Crippen molar-refractivity contribution in [2.45, 2.75) is 6.04 Å². The maximum Gasteiger partial charge on any atom is 0.203 e. The van der Waals surface area contributed by atoms with E-state index in [0.29, 0.717) is 22.8 Å². The van der Waals surface area contributed by atoms with E-state index in [0.717, 1.165) is 0 Å². The lowest BCUT2D eigenvalue weighted by Gasteiger charge is -2.16. The van der Waals surface area contributed by atoms with Crippen molar-refractivity contribution in [3.63, 3.8) is 0 Å². The molecule has 16 heavy (non-hydrogen) atoms. The second-order valence-electron chi connectivity index (χ2n) is 3.22. The molecule has 0 aliphatic carbocycles. The Bertz CT molecular complexity index is 332. The fourth-order valence-corrected chi connectivity index (χ4v) is 1.40. The number of methoxy groups -OCH3 is 3. The highest BCUT2D eigenvalue weighted by atomic mass is 19.1. The van der Waals surface area contributed by atoms with E-state index in [1.807, 2.05) is 0 Å². The van der Waals surface area contributed by atoms with Crippen LogP contribution in [0.25, 0.3) is 0 Å². The summed E-state index contributed by atoms with van der Waals surface area (Å²) in [6.45, 7) is -0.640. The van der Waals surface area contributed by atoms with Crippen LogP contribution in [0.1, 0.15) is 11.6 Å². The van der Waals surface area contributed by atoms with Crippen LogP contribution in [0.4, 0.5) is 4.39 Å². The van der Waals surface area contributed by atoms with Crippen LogP contribution in [-0.4, -0.2) is 28.0 Å². The maximum absolute atomic E-state index is 12.5. The van der Waals surface area contributed by atoms with E-state index >= 15 is 0 Å². The summed E-state index contributed by atoms with van der Waals surface area (Å²) in [4.78, 5) is 0. The highest BCUT2D eigenvalue weighted by molar-refractivity contribution is 5.54. The van der Waals surface area contributed by atoms with E-state index in [2.05, 4.69) is 0 Å². The monoisotopic (exact) mass is 229 g/mol. The third-order valence-corrected chi connectivity index (χ3v) is 2.28. The number of benzene rings is 1. The molecule has 0 aromatic heterocycles. The SMILES string of the molecule is COc1cc(C(N)CF)cc(OC)c1OC. The van der Waals surface area contributed by atoms with E-state index in [9.17, 15) is 4.39 Å². The van der Waals surface area contributed by atoms with Crippen molar-refractivity contribution < 1.29 is 18.6 Å². The molecule has 1 unspecified atom stereocenters. The van der Waals surface area contributed by atoms with Crippen LogP contribution in [0.2, 0.25) is 0 Å². The number of rotatable bonds is 5. The topological polar surface area (TPSA) is 53.7 Å². The lowest BCUT2D eigenvalue weighted by Crippen LogP contribution is -2.12. The highest BCUT2D eigenvalue weighted by Crippen LogP contribution is 2.39. The van der Waals surface area contributed by atoms with E-state index in [1.165, 1.54) is 21.3 Å². The Morgan fingerprint density at radius 3 is 1.94 bits per heavy atom. The number of alkyl halides is 1. The van der Waals surface area contributed by atoms with Gasteiger partial charge in [-0.25, -0.2) is 4.39 Å². The minimum atomic E-state index is -0.686. The lowest BCUT2D eigenvalue weighted by molar-refractivity contribution is 0.322. The van der Waals surface area contributed by atoms with Gasteiger partial charge in [-0.15, -0.1) is 0 Å². The Labute approximate surface area is 94.1 Å². The summed E-state index contributed by atoms with van der Waals surface area (Å²) < 4.78 is 27.9. The van der Waals surface area contributed by atoms with E-state index in [4.69, 9.17) is 19.9 Å². The van der Waals surface area contributed by atoms with Gasteiger partial charge in [0.1, 0.15) is 6.67 Å². The summed E-state index contributed by atoms with van der Waals surface area (Å²) in [7, 11) is 4.51. The van der Waals surface area contributed by atoms with Crippen molar-refractivity contribution in [2.24, 2.45) is 5.73 Å². The van der Waals surface area contributed by atoms with Gasteiger partial charge >= 0.3 is 0 Å². The van der Waals surface area contributed by atoms with Crippen LogP contribution in [0.3, 0.4) is 0 Å². The van der Waals surface area contributed by atoms with Gasteiger partial charge < -0.3 is 19.9 Å². The van der Waals surface area contributed by atoms with Crippen LogP contribution >= 0.6 is 0 Å². The second kappa shape index (κ2) is 5.55. The van der Waals surface area contributed by atoms with Gasteiger partial charge in [-0.3, -0.25) is 0 Å². The zero-order chi connectivity index (χ0) is 12.1. The third kappa shape index (κ3) is 2.36. The second-order valence-corrected chi connectivity index (χ2v) is 3.22. The van der Waals surface area contributed by atoms with Gasteiger partial charge in [0.2, 0.25) is 5.75 Å². The Balaban J connectivity index is 3.25. The summed E-state index contributed by atoms with van der Waals surface area (Å²) >= 11 is 0. The van der Waals surface area contributed by atoms with Crippen molar-refractivity contribution in [1.29, 1.82) is 0 Å². The Morgan fingerprint density at radius 1 is 1.12 bits per heavy atom. The van der Waals surface area contributed by atoms with Crippen LogP contribution in [0.15, 0.2) is 12.1 Å². The molecule has 0 aliphatic heterocycles. The predicted octanol–water partition coefficient (Wildman–Crippen LogP) is 1.68. The molecule has 0 spiro atoms. The molecule has 0 heterocycles. The van der Waals surface area contributed by atoms with Crippen LogP contribution in [0, 0.1) is 0 Å². The normalized spacial score (nSPS) is 12.1. The Morgan fingerprint density at radius 2 is 1.62 bits per heavy atom. The zero-order valence-corrected chi connectivity index (χ0v) is 9.62. The molecule has 5 heteroatoms. The first-order valence-corrected chi connectivity index (χ1v) is 4.79. The van der Waals surface area contributed by atoms with Crippen molar-refractivity contribution in [3.05, 3.63) is 17.7 Å². The van der Waals surface area contributed by atoms with Crippen LogP contribution in [0.5, 0.6) is 17.2 Å². The van der Waals surface area contributed by atoms with Gasteiger partial charge in [-0.2, -0.15) is 0 Å². The van der Waals surface area contributed by atoms with Crippen LogP contribution in [-0.2, 0) is 0 Å². The molecule has 0 saturated carbocycles. The van der Waals surface area contributed by atoms with Gasteiger partial charge in [-0.05, 0) is 17.7 Å². The Hall–Kier alpha value is -1.49. The summed E-state index contributed by atoms with van der Waals surface area (Å²) in [5.74, 6) is 1.42. The van der Waals surface area contributed by atoms with Gasteiger partial charge in [0.25, 0.3) is 0 Å². The molecule has 0 bridgehead atoms. The number of hydrogen-bond donors (Lipinski definition) is 1. The minimum absolute atomic E-state index is 0.472. The minimum Gasteiger partial charge on any atom is -0.493 e. The smallest absolute Gasteiger partial charge is 0.203 e. The first-order valence-electron chi connectivity index (χ1n) is 4.79. The molecule has 0 aliphatic rings. The first-order chi connectivity index (χ1) is 7.67. The molecule has 0 saturated heterocycles. The summed E-state index contributed by atoms with van der Waals surface area (Å²) in [5.41, 5.74) is 6.21. The van der Waals surface area contributed by atoms with E-state index in [-0.39, 0.29) is 0 Å². The van der Waals surface area contributed by atoms with Gasteiger partial charge in [0.05, 0.1) is 27.4 Å². The van der Waals surface area contributed by atoms with E-state index in [1.54, 1.807) is 12.1 Å². The van der Waals surface area contributed by atoms with Crippen molar-refractivity contribution >= 4 is 0 Å². The molecule has 1 rings (SSSR count). The largest absolute Gasteiger partial charge is 0.493 e. The van der Waals surface area contributed by atoms with Crippen molar-refractivity contribution in [2.75, 3.05) is 28.0 Å². The number of nitrogens with two attached hydrogens (primary N) is 1. The number of hydrogen-bond acceptors (Lipinski definition) is 4. The average Bonchev–Trinajstić information content (AvgIpc) is 2.35. The first kappa shape index (κ1) is 12.6. The molecule has 1 aromatic rings. The molecular formula is C11H16FNO3. The molecule has 0 fully saturated rings. The number of halogens is 1. The molecule has 1 aromatic carbocycles. The zero-order valence-electron chi connectivity index (χ0n) is 9.62. The van der Waals surface area contributed by atoms with Gasteiger partial charge in [0.15, 0.2) is 11.5 Å². The fraction of sp³-hybridized carbons (Fsp3) is 0.455. The maximum atomic E-state index is 12.5. The van der Waals surface area contributed by atoms with Gasteiger partial charge in [-0.1, -0.05) is 0 Å². The van der Waals surface area contributed by atoms with Crippen molar-refractivity contribution in [1.82, 2.24) is 0 Å². The molecule has 0 amide bonds. The fourth-order valence-electron chi connectivity index (χ4n) is 1.40. The van der Waals surface area contributed by atoms with Crippen LogP contribution < -0.4 is 19.9 Å². The molecule has 2 N–H and O–H groups in total. The number of ether oxygens (including phenoxy) is 3. The third-order valence-electron chi connectivity index (χ3n) is 2.28. The summed E-state index contributed by atoms with van der Waals surface area (Å²) in [5, 5.41) is 0. The molecule has 0 radical (unpaired) electrons. The van der Waals surface area contributed by atoms with E-state index < -0.39 is 12.7 Å². The standard InChI is InChI=1S/C11H16FNO3/c1-14-9-4-7(8(13)6-12)5-10(15-2)11(9)16-3/h4-5,8H,6,13H2,1-3H3. The highest BCUT2D eigenvalue weighted by Gasteiger charge is 2.16. The molecule has 90 valence electrons. The summed E-state index contributed by atoms with van der Waals surface area (Å²) in [6.07, 6.45) is 0. The summed E-state index contributed by atoms with van der Waals surface area (Å²) in [6, 6.07) is 2.60. The molecular weight excluding hydrogens is 213 g/mol. The quantitative estimate of drug-likeness (QED) is 0.834. The van der Waals surface area contributed by atoms with Gasteiger partial charge in [0, 0.05) is 0 Å².